The molecule has 0 spiro atoms. The number of aryl methyl sites for hydroxylation is 1. The van der Waals surface area contributed by atoms with E-state index >= 15 is 0 Å². The van der Waals surface area contributed by atoms with Crippen molar-refractivity contribution in [2.75, 3.05) is 16.8 Å². The van der Waals surface area contributed by atoms with E-state index in [-0.39, 0.29) is 11.9 Å². The van der Waals surface area contributed by atoms with Crippen molar-refractivity contribution in [3.8, 4) is 0 Å². The van der Waals surface area contributed by atoms with Crippen LogP contribution in [-0.2, 0) is 10.3 Å². The molecule has 0 bridgehead atoms. The molecule has 1 aromatic heterocycles. The summed E-state index contributed by atoms with van der Waals surface area (Å²) in [5, 5.41) is 10.1. The fourth-order valence-electron chi connectivity index (χ4n) is 3.95. The minimum Gasteiger partial charge on any atom is -0.340 e. The molecular formula is C20H25N5O3. The molecule has 2 fully saturated rings. The molecule has 2 heterocycles. The maximum absolute atomic E-state index is 12.8. The average Bonchev–Trinajstić information content (AvgIpc) is 2.96. The molecule has 0 atom stereocenters. The SMILES string of the molecule is Cc1nc(C2(NC(=O)Nc3cccc(N4CCC4=O)c3)CCCCCC2)no1. The van der Waals surface area contributed by atoms with Crippen LogP contribution < -0.4 is 15.5 Å². The molecule has 0 unspecified atom stereocenters. The highest BCUT2D eigenvalue weighted by atomic mass is 16.5. The Balaban J connectivity index is 1.50. The Morgan fingerprint density at radius 1 is 1.21 bits per heavy atom. The third-order valence-electron chi connectivity index (χ3n) is 5.53. The van der Waals surface area contributed by atoms with Gasteiger partial charge in [0.25, 0.3) is 0 Å². The number of β-lactam (4-membered cyclic amide) rings is 1. The van der Waals surface area contributed by atoms with Crippen molar-refractivity contribution in [1.82, 2.24) is 15.5 Å². The van der Waals surface area contributed by atoms with Gasteiger partial charge in [0.2, 0.25) is 11.8 Å². The zero-order valence-electron chi connectivity index (χ0n) is 16.0. The van der Waals surface area contributed by atoms with Crippen LogP contribution in [0, 0.1) is 6.92 Å². The van der Waals surface area contributed by atoms with Gasteiger partial charge in [-0.05, 0) is 31.0 Å². The first-order valence-corrected chi connectivity index (χ1v) is 9.86. The molecule has 8 heteroatoms. The molecule has 4 rings (SSSR count). The summed E-state index contributed by atoms with van der Waals surface area (Å²) in [6, 6.07) is 7.02. The molecule has 3 amide bonds. The van der Waals surface area contributed by atoms with E-state index in [9.17, 15) is 9.59 Å². The highest BCUT2D eigenvalue weighted by Gasteiger charge is 2.39. The van der Waals surface area contributed by atoms with Gasteiger partial charge in [-0.1, -0.05) is 36.9 Å². The van der Waals surface area contributed by atoms with E-state index in [0.29, 0.717) is 23.8 Å². The van der Waals surface area contributed by atoms with Gasteiger partial charge in [-0.15, -0.1) is 0 Å². The van der Waals surface area contributed by atoms with Gasteiger partial charge in [-0.3, -0.25) is 4.79 Å². The minimum atomic E-state index is -0.622. The van der Waals surface area contributed by atoms with E-state index in [1.807, 2.05) is 24.3 Å². The highest BCUT2D eigenvalue weighted by molar-refractivity contribution is 6.00. The van der Waals surface area contributed by atoms with Crippen molar-refractivity contribution in [3.63, 3.8) is 0 Å². The zero-order valence-corrected chi connectivity index (χ0v) is 16.0. The Morgan fingerprint density at radius 2 is 2.00 bits per heavy atom. The van der Waals surface area contributed by atoms with Gasteiger partial charge in [0, 0.05) is 31.3 Å². The Labute approximate surface area is 163 Å². The van der Waals surface area contributed by atoms with Crippen LogP contribution in [0.4, 0.5) is 16.2 Å². The third-order valence-corrected chi connectivity index (χ3v) is 5.53. The Kier molecular flexibility index (Phi) is 5.02. The smallest absolute Gasteiger partial charge is 0.320 e. The summed E-state index contributed by atoms with van der Waals surface area (Å²) in [5.41, 5.74) is 0.818. The van der Waals surface area contributed by atoms with Crippen molar-refractivity contribution in [1.29, 1.82) is 0 Å². The molecule has 28 heavy (non-hydrogen) atoms. The zero-order chi connectivity index (χ0) is 19.6. The third kappa shape index (κ3) is 3.72. The fourth-order valence-corrected chi connectivity index (χ4v) is 3.95. The Bertz CT molecular complexity index is 870. The van der Waals surface area contributed by atoms with Gasteiger partial charge in [0.15, 0.2) is 5.82 Å². The Morgan fingerprint density at radius 3 is 2.61 bits per heavy atom. The molecule has 0 radical (unpaired) electrons. The lowest BCUT2D eigenvalue weighted by molar-refractivity contribution is -0.122. The monoisotopic (exact) mass is 383 g/mol. The number of hydrogen-bond acceptors (Lipinski definition) is 5. The molecule has 1 aliphatic carbocycles. The van der Waals surface area contributed by atoms with E-state index in [1.165, 1.54) is 0 Å². The molecule has 1 aromatic carbocycles. The second-order valence-electron chi connectivity index (χ2n) is 7.56. The maximum atomic E-state index is 12.8. The number of aromatic nitrogens is 2. The second-order valence-corrected chi connectivity index (χ2v) is 7.56. The van der Waals surface area contributed by atoms with Gasteiger partial charge >= 0.3 is 6.03 Å². The summed E-state index contributed by atoms with van der Waals surface area (Å²) in [7, 11) is 0. The quantitative estimate of drug-likeness (QED) is 0.622. The molecule has 8 nitrogen and oxygen atoms in total. The molecular weight excluding hydrogens is 358 g/mol. The number of hydrogen-bond donors (Lipinski definition) is 2. The van der Waals surface area contributed by atoms with Gasteiger partial charge in [0.05, 0.1) is 0 Å². The fraction of sp³-hybridized carbons (Fsp3) is 0.500. The van der Waals surface area contributed by atoms with Crippen LogP contribution >= 0.6 is 0 Å². The van der Waals surface area contributed by atoms with E-state index in [0.717, 1.165) is 50.8 Å². The summed E-state index contributed by atoms with van der Waals surface area (Å²) < 4.78 is 5.18. The topological polar surface area (TPSA) is 100 Å². The van der Waals surface area contributed by atoms with E-state index in [1.54, 1.807) is 11.8 Å². The van der Waals surface area contributed by atoms with Crippen LogP contribution in [0.25, 0.3) is 0 Å². The number of carbonyl (C=O) groups excluding carboxylic acids is 2. The minimum absolute atomic E-state index is 0.103. The van der Waals surface area contributed by atoms with Gasteiger partial charge in [-0.25, -0.2) is 4.79 Å². The van der Waals surface area contributed by atoms with E-state index < -0.39 is 5.54 Å². The number of carbonyl (C=O) groups is 2. The summed E-state index contributed by atoms with van der Waals surface area (Å²) in [6.45, 7) is 2.47. The predicted octanol–water partition coefficient (Wildman–Crippen LogP) is 3.49. The molecule has 2 aliphatic rings. The first kappa shape index (κ1) is 18.5. The number of rotatable bonds is 4. The second kappa shape index (κ2) is 7.61. The number of nitrogens with zero attached hydrogens (tertiary/aromatic N) is 3. The van der Waals surface area contributed by atoms with Crippen molar-refractivity contribution in [3.05, 3.63) is 36.0 Å². The van der Waals surface area contributed by atoms with Crippen LogP contribution in [0.2, 0.25) is 0 Å². The Hall–Kier alpha value is -2.90. The van der Waals surface area contributed by atoms with Crippen LogP contribution in [-0.4, -0.2) is 28.6 Å². The number of nitrogens with one attached hydrogen (secondary N) is 2. The molecule has 1 aliphatic heterocycles. The van der Waals surface area contributed by atoms with Crippen molar-refractivity contribution < 1.29 is 14.1 Å². The van der Waals surface area contributed by atoms with Crippen molar-refractivity contribution in [2.24, 2.45) is 0 Å². The predicted molar refractivity (Wildman–Crippen MR) is 104 cm³/mol. The standard InChI is InChI=1S/C20H25N5O3/c1-14-21-18(24-28-14)20(10-4-2-3-5-11-20)23-19(27)22-15-7-6-8-16(13-15)25-12-9-17(25)26/h6-8,13H,2-5,9-12H2,1H3,(H2,22,23,27). The lowest BCUT2D eigenvalue weighted by Crippen LogP contribution is -2.48. The van der Waals surface area contributed by atoms with Gasteiger partial charge in [0.1, 0.15) is 5.54 Å². The van der Waals surface area contributed by atoms with Gasteiger partial charge in [-0.2, -0.15) is 4.98 Å². The molecule has 2 N–H and O–H groups in total. The molecule has 1 saturated heterocycles. The number of benzene rings is 1. The number of anilines is 2. The van der Waals surface area contributed by atoms with E-state index in [2.05, 4.69) is 20.8 Å². The van der Waals surface area contributed by atoms with Crippen LogP contribution in [0.1, 0.15) is 56.7 Å². The summed E-state index contributed by atoms with van der Waals surface area (Å²) in [6.07, 6.45) is 6.40. The summed E-state index contributed by atoms with van der Waals surface area (Å²) in [4.78, 5) is 30.6. The van der Waals surface area contributed by atoms with Crippen molar-refractivity contribution in [2.45, 2.75) is 57.4 Å². The number of urea groups is 1. The average molecular weight is 383 g/mol. The lowest BCUT2D eigenvalue weighted by atomic mass is 9.89. The molecule has 1 saturated carbocycles. The summed E-state index contributed by atoms with van der Waals surface area (Å²) in [5.74, 6) is 1.14. The first-order valence-electron chi connectivity index (χ1n) is 9.86. The van der Waals surface area contributed by atoms with Gasteiger partial charge < -0.3 is 20.1 Å². The normalized spacial score (nSPS) is 18.9. The lowest BCUT2D eigenvalue weighted by Gasteiger charge is -2.31. The number of amides is 3. The highest BCUT2D eigenvalue weighted by Crippen LogP contribution is 2.35. The maximum Gasteiger partial charge on any atom is 0.320 e. The van der Waals surface area contributed by atoms with Crippen molar-refractivity contribution >= 4 is 23.3 Å². The van der Waals surface area contributed by atoms with Crippen LogP contribution in [0.5, 0.6) is 0 Å². The first-order chi connectivity index (χ1) is 13.6. The molecule has 148 valence electrons. The van der Waals surface area contributed by atoms with Crippen LogP contribution in [0.15, 0.2) is 28.8 Å². The summed E-state index contributed by atoms with van der Waals surface area (Å²) >= 11 is 0. The largest absolute Gasteiger partial charge is 0.340 e. The molecule has 2 aromatic rings. The van der Waals surface area contributed by atoms with E-state index in [4.69, 9.17) is 4.52 Å². The van der Waals surface area contributed by atoms with Crippen LogP contribution in [0.3, 0.4) is 0 Å².